The number of carbonyl (C=O) groups excluding carboxylic acids is 1. The van der Waals surface area contributed by atoms with Crippen LogP contribution in [0.3, 0.4) is 0 Å². The van der Waals surface area contributed by atoms with E-state index in [4.69, 9.17) is 4.74 Å². The fraction of sp³-hybridized carbons (Fsp3) is 0.136. The highest BCUT2D eigenvalue weighted by atomic mass is 32.1. The van der Waals surface area contributed by atoms with Gasteiger partial charge in [0.15, 0.2) is 0 Å². The van der Waals surface area contributed by atoms with Crippen molar-refractivity contribution in [3.05, 3.63) is 87.6 Å². The maximum atomic E-state index is 13.1. The van der Waals surface area contributed by atoms with Gasteiger partial charge in [0.25, 0.3) is 5.91 Å². The molecule has 0 unspecified atom stereocenters. The average Bonchev–Trinajstić information content (AvgIpc) is 3.16. The zero-order valence-electron chi connectivity index (χ0n) is 15.5. The summed E-state index contributed by atoms with van der Waals surface area (Å²) in [5.41, 5.74) is 0.553. The monoisotopic (exact) mass is 417 g/mol. The maximum absolute atomic E-state index is 13.1. The first-order chi connectivity index (χ1) is 13.9. The number of allylic oxidation sites excluding steroid dienone is 1. The number of benzene rings is 2. The summed E-state index contributed by atoms with van der Waals surface area (Å²) in [7, 11) is 0. The number of hydrogen-bond acceptors (Lipinski definition) is 3. The van der Waals surface area contributed by atoms with Crippen molar-refractivity contribution < 1.29 is 22.7 Å². The Morgan fingerprint density at radius 2 is 1.86 bits per heavy atom. The van der Waals surface area contributed by atoms with E-state index in [0.717, 1.165) is 28.5 Å². The maximum Gasteiger partial charge on any atom is 0.418 e. The predicted molar refractivity (Wildman–Crippen MR) is 109 cm³/mol. The predicted octanol–water partition coefficient (Wildman–Crippen LogP) is 6.63. The molecule has 0 saturated heterocycles. The average molecular weight is 417 g/mol. The second kappa shape index (κ2) is 8.96. The molecule has 150 valence electrons. The zero-order valence-corrected chi connectivity index (χ0v) is 16.3. The van der Waals surface area contributed by atoms with E-state index in [0.29, 0.717) is 10.6 Å². The normalized spacial score (nSPS) is 11.6. The van der Waals surface area contributed by atoms with E-state index in [1.54, 1.807) is 11.4 Å². The van der Waals surface area contributed by atoms with Crippen LogP contribution in [0.1, 0.15) is 33.3 Å². The van der Waals surface area contributed by atoms with Crippen molar-refractivity contribution in [2.75, 3.05) is 5.32 Å². The molecule has 7 heteroatoms. The Hall–Kier alpha value is -3.06. The SMILES string of the molecule is C/C=C/c1ccccc1OCc1csc(C(=O)Nc2ccccc2C(F)(F)F)c1. The molecule has 0 fully saturated rings. The Morgan fingerprint density at radius 3 is 2.62 bits per heavy atom. The van der Waals surface area contributed by atoms with Crippen molar-refractivity contribution in [3.63, 3.8) is 0 Å². The van der Waals surface area contributed by atoms with Crippen molar-refractivity contribution in [2.24, 2.45) is 0 Å². The molecule has 0 radical (unpaired) electrons. The molecule has 0 aliphatic rings. The Kier molecular flexibility index (Phi) is 6.39. The van der Waals surface area contributed by atoms with E-state index in [1.165, 1.54) is 18.2 Å². The first kappa shape index (κ1) is 20.7. The quantitative estimate of drug-likeness (QED) is 0.489. The minimum Gasteiger partial charge on any atom is -0.488 e. The van der Waals surface area contributed by atoms with Gasteiger partial charge in [-0.2, -0.15) is 13.2 Å². The minimum atomic E-state index is -4.54. The van der Waals surface area contributed by atoms with E-state index >= 15 is 0 Å². The molecule has 1 aromatic heterocycles. The van der Waals surface area contributed by atoms with Crippen LogP contribution < -0.4 is 10.1 Å². The minimum absolute atomic E-state index is 0.248. The topological polar surface area (TPSA) is 38.3 Å². The highest BCUT2D eigenvalue weighted by molar-refractivity contribution is 7.12. The van der Waals surface area contributed by atoms with Gasteiger partial charge in [0.05, 0.1) is 16.1 Å². The molecule has 0 atom stereocenters. The third-order valence-electron chi connectivity index (χ3n) is 4.02. The van der Waals surface area contributed by atoms with Gasteiger partial charge in [-0.05, 0) is 36.6 Å². The second-order valence-electron chi connectivity index (χ2n) is 6.14. The molecule has 0 bridgehead atoms. The largest absolute Gasteiger partial charge is 0.488 e. The molecule has 2 aromatic carbocycles. The highest BCUT2D eigenvalue weighted by Crippen LogP contribution is 2.35. The van der Waals surface area contributed by atoms with Crippen LogP contribution in [0.2, 0.25) is 0 Å². The van der Waals surface area contributed by atoms with Gasteiger partial charge in [0.2, 0.25) is 0 Å². The van der Waals surface area contributed by atoms with Crippen molar-refractivity contribution in [1.82, 2.24) is 0 Å². The number of para-hydroxylation sites is 2. The Bertz CT molecular complexity index is 1020. The molecule has 0 spiro atoms. The molecule has 0 aliphatic heterocycles. The van der Waals surface area contributed by atoms with Gasteiger partial charge in [0.1, 0.15) is 12.4 Å². The number of halogens is 3. The summed E-state index contributed by atoms with van der Waals surface area (Å²) in [6.07, 6.45) is -0.702. The first-order valence-electron chi connectivity index (χ1n) is 8.78. The molecular weight excluding hydrogens is 399 g/mol. The Labute approximate surface area is 170 Å². The van der Waals surface area contributed by atoms with Gasteiger partial charge < -0.3 is 10.1 Å². The third kappa shape index (κ3) is 5.26. The van der Waals surface area contributed by atoms with E-state index in [9.17, 15) is 18.0 Å². The molecule has 29 heavy (non-hydrogen) atoms. The lowest BCUT2D eigenvalue weighted by Crippen LogP contribution is -2.15. The van der Waals surface area contributed by atoms with Crippen LogP contribution in [0, 0.1) is 0 Å². The highest BCUT2D eigenvalue weighted by Gasteiger charge is 2.33. The summed E-state index contributed by atoms with van der Waals surface area (Å²) in [4.78, 5) is 12.7. The number of amides is 1. The van der Waals surface area contributed by atoms with E-state index in [1.807, 2.05) is 43.3 Å². The molecule has 1 heterocycles. The fourth-order valence-electron chi connectivity index (χ4n) is 2.68. The van der Waals surface area contributed by atoms with Crippen molar-refractivity contribution in [2.45, 2.75) is 19.7 Å². The van der Waals surface area contributed by atoms with Gasteiger partial charge in [0, 0.05) is 11.1 Å². The summed E-state index contributed by atoms with van der Waals surface area (Å²) >= 11 is 1.15. The number of rotatable bonds is 6. The number of carbonyl (C=O) groups is 1. The summed E-state index contributed by atoms with van der Waals surface area (Å²) in [5, 5.41) is 4.10. The lowest BCUT2D eigenvalue weighted by molar-refractivity contribution is -0.136. The van der Waals surface area contributed by atoms with Crippen LogP contribution in [0.15, 0.2) is 66.1 Å². The van der Waals surface area contributed by atoms with Gasteiger partial charge in [-0.1, -0.05) is 42.5 Å². The van der Waals surface area contributed by atoms with Gasteiger partial charge in [-0.25, -0.2) is 0 Å². The zero-order chi connectivity index (χ0) is 20.9. The number of thiophene rings is 1. The standard InChI is InChI=1S/C22H18F3NO2S/c1-2-7-16-8-3-6-11-19(16)28-13-15-12-20(29-14-15)21(27)26-18-10-5-4-9-17(18)22(23,24)25/h2-12,14H,13H2,1H3,(H,26,27)/b7-2+. The number of alkyl halides is 3. The Balaban J connectivity index is 1.69. The van der Waals surface area contributed by atoms with Crippen LogP contribution >= 0.6 is 11.3 Å². The lowest BCUT2D eigenvalue weighted by atomic mass is 10.1. The summed E-state index contributed by atoms with van der Waals surface area (Å²) in [6, 6.07) is 14.1. The van der Waals surface area contributed by atoms with Crippen LogP contribution in [0.5, 0.6) is 5.75 Å². The summed E-state index contributed by atoms with van der Waals surface area (Å²) in [6.45, 7) is 2.16. The molecule has 1 N–H and O–H groups in total. The fourth-order valence-corrected chi connectivity index (χ4v) is 3.48. The van der Waals surface area contributed by atoms with Crippen molar-refractivity contribution in [3.8, 4) is 5.75 Å². The molecule has 3 aromatic rings. The van der Waals surface area contributed by atoms with Gasteiger partial charge >= 0.3 is 6.18 Å². The van der Waals surface area contributed by atoms with Gasteiger partial charge in [-0.3, -0.25) is 4.79 Å². The van der Waals surface area contributed by atoms with E-state index in [2.05, 4.69) is 5.32 Å². The number of ether oxygens (including phenoxy) is 1. The van der Waals surface area contributed by atoms with Gasteiger partial charge in [-0.15, -0.1) is 11.3 Å². The van der Waals surface area contributed by atoms with Crippen LogP contribution in [-0.4, -0.2) is 5.91 Å². The van der Waals surface area contributed by atoms with Crippen molar-refractivity contribution in [1.29, 1.82) is 0 Å². The smallest absolute Gasteiger partial charge is 0.418 e. The third-order valence-corrected chi connectivity index (χ3v) is 5.00. The summed E-state index contributed by atoms with van der Waals surface area (Å²) in [5.74, 6) is 0.120. The van der Waals surface area contributed by atoms with E-state index < -0.39 is 17.6 Å². The van der Waals surface area contributed by atoms with Crippen LogP contribution in [0.4, 0.5) is 18.9 Å². The number of hydrogen-bond donors (Lipinski definition) is 1. The molecule has 3 nitrogen and oxygen atoms in total. The Morgan fingerprint density at radius 1 is 1.14 bits per heavy atom. The molecule has 1 amide bonds. The molecular formula is C22H18F3NO2S. The van der Waals surface area contributed by atoms with Crippen LogP contribution in [-0.2, 0) is 12.8 Å². The lowest BCUT2D eigenvalue weighted by Gasteiger charge is -2.12. The first-order valence-corrected chi connectivity index (χ1v) is 9.66. The number of anilines is 1. The molecule has 0 aliphatic carbocycles. The number of nitrogens with one attached hydrogen (secondary N) is 1. The molecule has 0 saturated carbocycles. The molecule has 3 rings (SSSR count). The van der Waals surface area contributed by atoms with Crippen LogP contribution in [0.25, 0.3) is 6.08 Å². The summed E-state index contributed by atoms with van der Waals surface area (Å²) < 4.78 is 45.1. The second-order valence-corrected chi connectivity index (χ2v) is 7.05. The van der Waals surface area contributed by atoms with E-state index in [-0.39, 0.29) is 12.3 Å². The van der Waals surface area contributed by atoms with Crippen molar-refractivity contribution >= 4 is 29.0 Å².